The molecule has 0 unspecified atom stereocenters. The van der Waals surface area contributed by atoms with E-state index in [1.807, 2.05) is 24.3 Å². The molecular weight excluding hydrogens is 344 g/mol. The molecule has 0 bridgehead atoms. The minimum Gasteiger partial charge on any atom is -0.507 e. The van der Waals surface area contributed by atoms with Crippen molar-refractivity contribution in [3.8, 4) is 17.2 Å². The fourth-order valence-electron chi connectivity index (χ4n) is 2.76. The van der Waals surface area contributed by atoms with Gasteiger partial charge in [-0.1, -0.05) is 24.3 Å². The van der Waals surface area contributed by atoms with E-state index in [9.17, 15) is 9.90 Å². The molecule has 0 saturated heterocycles. The highest BCUT2D eigenvalue weighted by molar-refractivity contribution is 6.04. The second-order valence-electron chi connectivity index (χ2n) is 5.92. The number of carbonyl (C=O) groups excluding carboxylic acids is 1. The summed E-state index contributed by atoms with van der Waals surface area (Å²) in [6.45, 7) is 1.75. The van der Waals surface area contributed by atoms with E-state index in [1.165, 1.54) is 0 Å². The van der Waals surface area contributed by atoms with Gasteiger partial charge in [0, 0.05) is 11.6 Å². The van der Waals surface area contributed by atoms with Gasteiger partial charge in [-0.3, -0.25) is 4.79 Å². The minimum atomic E-state index is -0.495. The molecule has 6 heteroatoms. The predicted octanol–water partition coefficient (Wildman–Crippen LogP) is 3.72. The first kappa shape index (κ1) is 18.3. The van der Waals surface area contributed by atoms with Gasteiger partial charge >= 0.3 is 0 Å². The Labute approximate surface area is 157 Å². The third kappa shape index (κ3) is 3.84. The Kier molecular flexibility index (Phi) is 5.26. The van der Waals surface area contributed by atoms with Crippen molar-refractivity contribution in [3.05, 3.63) is 65.7 Å². The van der Waals surface area contributed by atoms with Gasteiger partial charge in [0.15, 0.2) is 0 Å². The quantitative estimate of drug-likeness (QED) is 0.534. The summed E-state index contributed by atoms with van der Waals surface area (Å²) in [4.78, 5) is 12.5. The largest absolute Gasteiger partial charge is 0.507 e. The van der Waals surface area contributed by atoms with E-state index in [-0.39, 0.29) is 11.3 Å². The van der Waals surface area contributed by atoms with Crippen molar-refractivity contribution >= 4 is 22.4 Å². The van der Waals surface area contributed by atoms with Crippen LogP contribution in [0.4, 0.5) is 0 Å². The molecule has 27 heavy (non-hydrogen) atoms. The third-order valence-electron chi connectivity index (χ3n) is 4.23. The van der Waals surface area contributed by atoms with Gasteiger partial charge in [-0.05, 0) is 42.0 Å². The van der Waals surface area contributed by atoms with Gasteiger partial charge in [0.2, 0.25) is 0 Å². The number of hydrogen-bond donors (Lipinski definition) is 2. The van der Waals surface area contributed by atoms with Crippen LogP contribution in [0.1, 0.15) is 22.8 Å². The lowest BCUT2D eigenvalue weighted by Gasteiger charge is -2.10. The summed E-state index contributed by atoms with van der Waals surface area (Å²) in [5, 5.41) is 16.0. The maximum absolute atomic E-state index is 12.5. The van der Waals surface area contributed by atoms with Crippen LogP contribution in [0.3, 0.4) is 0 Å². The molecule has 0 aromatic heterocycles. The SMILES string of the molecule is COc1ccc(/C(C)=N/NC(=O)c2cc3ccccc3cc2O)c(OC)c1. The summed E-state index contributed by atoms with van der Waals surface area (Å²) in [6, 6.07) is 16.0. The third-order valence-corrected chi connectivity index (χ3v) is 4.23. The topological polar surface area (TPSA) is 80.2 Å². The summed E-state index contributed by atoms with van der Waals surface area (Å²) in [6.07, 6.45) is 0. The zero-order chi connectivity index (χ0) is 19.4. The monoisotopic (exact) mass is 364 g/mol. The first-order valence-corrected chi connectivity index (χ1v) is 8.32. The maximum Gasteiger partial charge on any atom is 0.275 e. The van der Waals surface area contributed by atoms with Gasteiger partial charge in [-0.15, -0.1) is 0 Å². The molecule has 0 atom stereocenters. The maximum atomic E-state index is 12.5. The van der Waals surface area contributed by atoms with Crippen LogP contribution in [0.25, 0.3) is 10.8 Å². The molecule has 6 nitrogen and oxygen atoms in total. The molecule has 0 spiro atoms. The summed E-state index contributed by atoms with van der Waals surface area (Å²) >= 11 is 0. The van der Waals surface area contributed by atoms with E-state index in [2.05, 4.69) is 10.5 Å². The van der Waals surface area contributed by atoms with E-state index in [0.717, 1.165) is 16.3 Å². The van der Waals surface area contributed by atoms with Gasteiger partial charge in [0.1, 0.15) is 17.2 Å². The highest BCUT2D eigenvalue weighted by Gasteiger charge is 2.13. The fourth-order valence-corrected chi connectivity index (χ4v) is 2.76. The van der Waals surface area contributed by atoms with Crippen LogP contribution < -0.4 is 14.9 Å². The molecule has 3 rings (SSSR count). The van der Waals surface area contributed by atoms with Crippen molar-refractivity contribution in [1.82, 2.24) is 5.43 Å². The Balaban J connectivity index is 1.85. The zero-order valence-corrected chi connectivity index (χ0v) is 15.3. The van der Waals surface area contributed by atoms with Crippen LogP contribution in [0.5, 0.6) is 17.2 Å². The Bertz CT molecular complexity index is 1030. The Morgan fingerprint density at radius 2 is 1.67 bits per heavy atom. The molecule has 0 aliphatic carbocycles. The highest BCUT2D eigenvalue weighted by atomic mass is 16.5. The molecule has 0 fully saturated rings. The number of rotatable bonds is 5. The summed E-state index contributed by atoms with van der Waals surface area (Å²) in [5.41, 5.74) is 3.93. The number of ether oxygens (including phenoxy) is 2. The summed E-state index contributed by atoms with van der Waals surface area (Å²) in [5.74, 6) is 0.651. The lowest BCUT2D eigenvalue weighted by Crippen LogP contribution is -2.19. The summed E-state index contributed by atoms with van der Waals surface area (Å²) in [7, 11) is 3.13. The molecule has 2 N–H and O–H groups in total. The lowest BCUT2D eigenvalue weighted by atomic mass is 10.1. The van der Waals surface area contributed by atoms with Crippen molar-refractivity contribution in [1.29, 1.82) is 0 Å². The predicted molar refractivity (Wildman–Crippen MR) is 105 cm³/mol. The van der Waals surface area contributed by atoms with E-state index >= 15 is 0 Å². The molecule has 0 saturated carbocycles. The van der Waals surface area contributed by atoms with Crippen molar-refractivity contribution in [2.75, 3.05) is 14.2 Å². The molecular formula is C21H20N2O4. The van der Waals surface area contributed by atoms with Crippen LogP contribution in [-0.2, 0) is 0 Å². The second kappa shape index (κ2) is 7.78. The average molecular weight is 364 g/mol. The number of phenols is 1. The highest BCUT2D eigenvalue weighted by Crippen LogP contribution is 2.26. The first-order chi connectivity index (χ1) is 13.0. The van der Waals surface area contributed by atoms with Gasteiger partial charge in [0.05, 0.1) is 25.5 Å². The molecule has 0 heterocycles. The average Bonchev–Trinajstić information content (AvgIpc) is 2.70. The van der Waals surface area contributed by atoms with E-state index in [1.54, 1.807) is 51.5 Å². The minimum absolute atomic E-state index is 0.0962. The van der Waals surface area contributed by atoms with Crippen LogP contribution in [0.2, 0.25) is 0 Å². The number of fused-ring (bicyclic) bond motifs is 1. The number of methoxy groups -OCH3 is 2. The lowest BCUT2D eigenvalue weighted by molar-refractivity contribution is 0.0952. The van der Waals surface area contributed by atoms with Gasteiger partial charge in [-0.25, -0.2) is 5.43 Å². The number of carbonyl (C=O) groups is 1. The number of nitrogens with zero attached hydrogens (tertiary/aromatic N) is 1. The number of phenolic OH excluding ortho intramolecular Hbond substituents is 1. The van der Waals surface area contributed by atoms with Crippen molar-refractivity contribution in [2.45, 2.75) is 6.92 Å². The first-order valence-electron chi connectivity index (χ1n) is 8.32. The fraction of sp³-hybridized carbons (Fsp3) is 0.143. The normalized spacial score (nSPS) is 11.3. The van der Waals surface area contributed by atoms with Crippen LogP contribution in [0.15, 0.2) is 59.7 Å². The van der Waals surface area contributed by atoms with E-state index < -0.39 is 5.91 Å². The molecule has 0 radical (unpaired) electrons. The molecule has 3 aromatic rings. The van der Waals surface area contributed by atoms with Crippen LogP contribution >= 0.6 is 0 Å². The van der Waals surface area contributed by atoms with E-state index in [4.69, 9.17) is 9.47 Å². The van der Waals surface area contributed by atoms with Gasteiger partial charge < -0.3 is 14.6 Å². The number of aromatic hydroxyl groups is 1. The molecule has 0 aliphatic rings. The number of hydrogen-bond acceptors (Lipinski definition) is 5. The molecule has 138 valence electrons. The number of benzene rings is 3. The van der Waals surface area contributed by atoms with E-state index in [0.29, 0.717) is 17.2 Å². The van der Waals surface area contributed by atoms with Crippen molar-refractivity contribution < 1.29 is 19.4 Å². The Morgan fingerprint density at radius 3 is 2.33 bits per heavy atom. The van der Waals surface area contributed by atoms with Crippen molar-refractivity contribution in [2.24, 2.45) is 5.10 Å². The van der Waals surface area contributed by atoms with Crippen molar-refractivity contribution in [3.63, 3.8) is 0 Å². The number of amides is 1. The smallest absolute Gasteiger partial charge is 0.275 e. The molecule has 0 aliphatic heterocycles. The zero-order valence-electron chi connectivity index (χ0n) is 15.3. The Morgan fingerprint density at radius 1 is 0.963 bits per heavy atom. The number of nitrogens with one attached hydrogen (secondary N) is 1. The second-order valence-corrected chi connectivity index (χ2v) is 5.92. The van der Waals surface area contributed by atoms with Gasteiger partial charge in [-0.2, -0.15) is 5.10 Å². The Hall–Kier alpha value is -3.54. The standard InChI is InChI=1S/C21H20N2O4/c1-13(17-9-8-16(26-2)12-20(17)27-3)22-23-21(25)18-10-14-6-4-5-7-15(14)11-19(18)24/h4-12,24H,1-3H3,(H,23,25)/b22-13+. The van der Waals surface area contributed by atoms with Crippen LogP contribution in [-0.4, -0.2) is 30.9 Å². The van der Waals surface area contributed by atoms with Crippen LogP contribution in [0, 0.1) is 0 Å². The number of hydrazone groups is 1. The molecule has 1 amide bonds. The molecule has 3 aromatic carbocycles. The summed E-state index contributed by atoms with van der Waals surface area (Å²) < 4.78 is 10.5. The van der Waals surface area contributed by atoms with Gasteiger partial charge in [0.25, 0.3) is 5.91 Å².